The third-order valence-corrected chi connectivity index (χ3v) is 4.59. The summed E-state index contributed by atoms with van der Waals surface area (Å²) in [4.78, 5) is 15.1. The molecule has 0 aliphatic carbocycles. The number of rotatable bonds is 4. The molecule has 1 aromatic carbocycles. The summed E-state index contributed by atoms with van der Waals surface area (Å²) in [5.74, 6) is 0.185. The van der Waals surface area contributed by atoms with Crippen LogP contribution in [0, 0.1) is 0 Å². The fourth-order valence-electron chi connectivity index (χ4n) is 3.70. The number of Topliss-reactive ketones (excluding diaryl/α,β-unsaturated/α-hetero) is 1. The molecule has 0 amide bonds. The highest BCUT2D eigenvalue weighted by Crippen LogP contribution is 2.44. The summed E-state index contributed by atoms with van der Waals surface area (Å²) in [5.41, 5.74) is 1.79. The van der Waals surface area contributed by atoms with E-state index in [1.165, 1.54) is 25.7 Å². The lowest BCUT2D eigenvalue weighted by atomic mass is 9.96. The zero-order valence-electron chi connectivity index (χ0n) is 11.5. The van der Waals surface area contributed by atoms with Crippen molar-refractivity contribution in [3.05, 3.63) is 48.0 Å². The number of carbonyl (C=O) groups excluding carboxylic acids is 1. The van der Waals surface area contributed by atoms with Crippen molar-refractivity contribution in [3.8, 4) is 0 Å². The minimum absolute atomic E-state index is 0.112. The Kier molecular flexibility index (Phi) is 3.28. The molecule has 0 radical (unpaired) electrons. The van der Waals surface area contributed by atoms with E-state index in [2.05, 4.69) is 23.6 Å². The molecule has 0 N–H and O–H groups in total. The van der Waals surface area contributed by atoms with Gasteiger partial charge in [-0.3, -0.25) is 9.69 Å². The monoisotopic (exact) mass is 255 g/mol. The molecule has 2 heteroatoms. The Morgan fingerprint density at radius 3 is 2.16 bits per heavy atom. The van der Waals surface area contributed by atoms with Crippen LogP contribution in [0.25, 0.3) is 0 Å². The van der Waals surface area contributed by atoms with Gasteiger partial charge in [-0.05, 0) is 43.7 Å². The number of fused-ring (bicyclic) bond motifs is 2. The minimum Gasteiger partial charge on any atom is -0.292 e. The van der Waals surface area contributed by atoms with Gasteiger partial charge in [0.05, 0.1) is 6.04 Å². The lowest BCUT2D eigenvalue weighted by molar-refractivity contribution is -0.121. The molecule has 2 bridgehead atoms. The Morgan fingerprint density at radius 2 is 1.68 bits per heavy atom. The highest BCUT2D eigenvalue weighted by atomic mass is 16.1. The summed E-state index contributed by atoms with van der Waals surface area (Å²) < 4.78 is 0. The van der Waals surface area contributed by atoms with Crippen LogP contribution < -0.4 is 0 Å². The van der Waals surface area contributed by atoms with Crippen LogP contribution in [0.2, 0.25) is 0 Å². The van der Waals surface area contributed by atoms with Gasteiger partial charge in [-0.25, -0.2) is 0 Å². The molecule has 2 heterocycles. The molecule has 100 valence electrons. The van der Waals surface area contributed by atoms with E-state index in [9.17, 15) is 4.79 Å². The van der Waals surface area contributed by atoms with E-state index < -0.39 is 0 Å². The molecule has 1 unspecified atom stereocenters. The summed E-state index contributed by atoms with van der Waals surface area (Å²) in [6, 6.07) is 11.3. The zero-order chi connectivity index (χ0) is 13.4. The molecule has 19 heavy (non-hydrogen) atoms. The van der Waals surface area contributed by atoms with Gasteiger partial charge in [0.25, 0.3) is 0 Å². The summed E-state index contributed by atoms with van der Waals surface area (Å²) in [6.45, 7) is 5.70. The van der Waals surface area contributed by atoms with E-state index >= 15 is 0 Å². The number of hydrogen-bond donors (Lipinski definition) is 0. The van der Waals surface area contributed by atoms with E-state index in [1.807, 2.05) is 25.1 Å². The van der Waals surface area contributed by atoms with Crippen LogP contribution >= 0.6 is 0 Å². The second-order valence-corrected chi connectivity index (χ2v) is 5.87. The quantitative estimate of drug-likeness (QED) is 0.767. The molecule has 0 aromatic heterocycles. The van der Waals surface area contributed by atoms with Gasteiger partial charge in [0.15, 0.2) is 5.78 Å². The maximum Gasteiger partial charge on any atom is 0.179 e. The normalized spacial score (nSPS) is 27.4. The SMILES string of the molecule is C=C(C)C(=O)C(c1ccccc1)N1C2CCC1CC2. The van der Waals surface area contributed by atoms with E-state index in [-0.39, 0.29) is 11.8 Å². The highest BCUT2D eigenvalue weighted by molar-refractivity contribution is 5.99. The highest BCUT2D eigenvalue weighted by Gasteiger charge is 2.45. The Hall–Kier alpha value is -1.41. The summed E-state index contributed by atoms with van der Waals surface area (Å²) in [5, 5.41) is 0. The molecule has 2 aliphatic rings. The van der Waals surface area contributed by atoms with Gasteiger partial charge in [0.1, 0.15) is 0 Å². The van der Waals surface area contributed by atoms with Crippen LogP contribution in [0.1, 0.15) is 44.2 Å². The molecule has 0 spiro atoms. The third kappa shape index (κ3) is 2.14. The number of nitrogens with zero attached hydrogens (tertiary/aromatic N) is 1. The lowest BCUT2D eigenvalue weighted by Crippen LogP contribution is -2.38. The average Bonchev–Trinajstić information content (AvgIpc) is 3.00. The first-order chi connectivity index (χ1) is 9.18. The number of ketones is 1. The van der Waals surface area contributed by atoms with Crippen molar-refractivity contribution in [2.75, 3.05) is 0 Å². The molecule has 1 atom stereocenters. The smallest absolute Gasteiger partial charge is 0.179 e. The van der Waals surface area contributed by atoms with Gasteiger partial charge < -0.3 is 0 Å². The van der Waals surface area contributed by atoms with Gasteiger partial charge in [-0.1, -0.05) is 36.9 Å². The Balaban J connectivity index is 1.98. The van der Waals surface area contributed by atoms with Crippen molar-refractivity contribution in [1.82, 2.24) is 4.90 Å². The van der Waals surface area contributed by atoms with Crippen LogP contribution in [0.15, 0.2) is 42.5 Å². The van der Waals surface area contributed by atoms with Crippen molar-refractivity contribution in [2.24, 2.45) is 0 Å². The van der Waals surface area contributed by atoms with Crippen LogP contribution in [0.4, 0.5) is 0 Å². The maximum absolute atomic E-state index is 12.6. The average molecular weight is 255 g/mol. The Morgan fingerprint density at radius 1 is 1.16 bits per heavy atom. The van der Waals surface area contributed by atoms with Crippen molar-refractivity contribution in [3.63, 3.8) is 0 Å². The van der Waals surface area contributed by atoms with Crippen molar-refractivity contribution in [1.29, 1.82) is 0 Å². The molecule has 1 aromatic rings. The van der Waals surface area contributed by atoms with Gasteiger partial charge in [-0.15, -0.1) is 0 Å². The maximum atomic E-state index is 12.6. The van der Waals surface area contributed by atoms with Gasteiger partial charge in [-0.2, -0.15) is 0 Å². The number of hydrogen-bond acceptors (Lipinski definition) is 2. The Labute approximate surface area is 115 Å². The first-order valence-corrected chi connectivity index (χ1v) is 7.20. The fourth-order valence-corrected chi connectivity index (χ4v) is 3.70. The molecule has 2 nitrogen and oxygen atoms in total. The number of carbonyl (C=O) groups is 1. The van der Waals surface area contributed by atoms with Crippen LogP contribution in [0.3, 0.4) is 0 Å². The molecule has 0 saturated carbocycles. The van der Waals surface area contributed by atoms with Crippen LogP contribution in [-0.4, -0.2) is 22.8 Å². The standard InChI is InChI=1S/C17H21NO/c1-12(2)17(19)16(13-6-4-3-5-7-13)18-14-8-9-15(18)11-10-14/h3-7,14-16H,1,8-11H2,2H3. The molecular weight excluding hydrogens is 234 g/mol. The van der Waals surface area contributed by atoms with E-state index in [1.54, 1.807) is 0 Å². The van der Waals surface area contributed by atoms with Crippen LogP contribution in [0.5, 0.6) is 0 Å². The first kappa shape index (κ1) is 12.6. The molecule has 3 rings (SSSR count). The minimum atomic E-state index is -0.112. The molecule has 2 aliphatic heterocycles. The van der Waals surface area contributed by atoms with Crippen molar-refractivity contribution in [2.45, 2.75) is 50.7 Å². The Bertz CT molecular complexity index is 473. The van der Waals surface area contributed by atoms with Gasteiger partial charge in [0, 0.05) is 12.1 Å². The summed E-state index contributed by atoms with van der Waals surface area (Å²) in [7, 11) is 0. The van der Waals surface area contributed by atoms with Gasteiger partial charge >= 0.3 is 0 Å². The third-order valence-electron chi connectivity index (χ3n) is 4.59. The lowest BCUT2D eigenvalue weighted by Gasteiger charge is -2.31. The number of benzene rings is 1. The predicted octanol–water partition coefficient (Wildman–Crippen LogP) is 3.50. The van der Waals surface area contributed by atoms with E-state index in [0.717, 1.165) is 5.56 Å². The first-order valence-electron chi connectivity index (χ1n) is 7.20. The van der Waals surface area contributed by atoms with E-state index in [4.69, 9.17) is 0 Å². The molecule has 2 fully saturated rings. The topological polar surface area (TPSA) is 20.3 Å². The second kappa shape index (κ2) is 4.93. The predicted molar refractivity (Wildman–Crippen MR) is 76.9 cm³/mol. The molecule has 2 saturated heterocycles. The summed E-state index contributed by atoms with van der Waals surface area (Å²) >= 11 is 0. The van der Waals surface area contributed by atoms with Crippen molar-refractivity contribution >= 4 is 5.78 Å². The molecular formula is C17H21NO. The van der Waals surface area contributed by atoms with E-state index in [0.29, 0.717) is 17.7 Å². The fraction of sp³-hybridized carbons (Fsp3) is 0.471. The second-order valence-electron chi connectivity index (χ2n) is 5.87. The van der Waals surface area contributed by atoms with Crippen molar-refractivity contribution < 1.29 is 4.79 Å². The van der Waals surface area contributed by atoms with Crippen LogP contribution in [-0.2, 0) is 4.79 Å². The largest absolute Gasteiger partial charge is 0.292 e. The van der Waals surface area contributed by atoms with Gasteiger partial charge in [0.2, 0.25) is 0 Å². The summed E-state index contributed by atoms with van der Waals surface area (Å²) in [6.07, 6.45) is 4.99. The zero-order valence-corrected chi connectivity index (χ0v) is 11.5.